The summed E-state index contributed by atoms with van der Waals surface area (Å²) >= 11 is 3.37. The Morgan fingerprint density at radius 1 is 1.13 bits per heavy atom. The standard InChI is InChI=1S/C20H24BrFN2O6/c1-20(2,3)30-19(27)24-8-11(7-16(24)17(25)28-4)29-18(26)23-9-12-13(10-23)15(22)6-5-14(12)21/h5-6,11,16H,7-10H2,1-4H3/t11-,16+/m1/s1. The number of hydrogen-bond acceptors (Lipinski definition) is 6. The number of carbonyl (C=O) groups excluding carboxylic acids is 3. The van der Waals surface area contributed by atoms with E-state index in [-0.39, 0.29) is 31.9 Å². The average Bonchev–Trinajstić information content (AvgIpc) is 3.28. The minimum atomic E-state index is -0.912. The van der Waals surface area contributed by atoms with Gasteiger partial charge in [0.1, 0.15) is 23.6 Å². The summed E-state index contributed by atoms with van der Waals surface area (Å²) in [6.45, 7) is 5.44. The van der Waals surface area contributed by atoms with Crippen molar-refractivity contribution in [3.05, 3.63) is 33.5 Å². The van der Waals surface area contributed by atoms with Crippen LogP contribution in [0.25, 0.3) is 0 Å². The number of esters is 1. The van der Waals surface area contributed by atoms with Gasteiger partial charge in [0, 0.05) is 16.5 Å². The minimum Gasteiger partial charge on any atom is -0.467 e. The number of ether oxygens (including phenoxy) is 3. The average molecular weight is 487 g/mol. The molecule has 0 spiro atoms. The number of nitrogens with zero attached hydrogens (tertiary/aromatic N) is 2. The maximum Gasteiger partial charge on any atom is 0.411 e. The van der Waals surface area contributed by atoms with Gasteiger partial charge >= 0.3 is 18.2 Å². The second-order valence-electron chi connectivity index (χ2n) is 8.26. The minimum absolute atomic E-state index is 0.000730. The van der Waals surface area contributed by atoms with E-state index in [1.54, 1.807) is 26.8 Å². The fraction of sp³-hybridized carbons (Fsp3) is 0.550. The van der Waals surface area contributed by atoms with Gasteiger partial charge in [-0.3, -0.25) is 9.80 Å². The molecule has 2 aliphatic rings. The van der Waals surface area contributed by atoms with Crippen LogP contribution in [0.5, 0.6) is 0 Å². The summed E-state index contributed by atoms with van der Waals surface area (Å²) in [7, 11) is 1.23. The molecule has 10 heteroatoms. The molecule has 1 aromatic carbocycles. The molecule has 164 valence electrons. The van der Waals surface area contributed by atoms with Crippen molar-refractivity contribution in [2.45, 2.75) is 58.0 Å². The molecule has 1 fully saturated rings. The van der Waals surface area contributed by atoms with E-state index in [4.69, 9.17) is 14.2 Å². The molecule has 0 radical (unpaired) electrons. The zero-order valence-electron chi connectivity index (χ0n) is 17.2. The lowest BCUT2D eigenvalue weighted by atomic mass is 10.1. The smallest absolute Gasteiger partial charge is 0.411 e. The molecule has 0 saturated carbocycles. The fourth-order valence-corrected chi connectivity index (χ4v) is 4.02. The molecule has 3 rings (SSSR count). The highest BCUT2D eigenvalue weighted by atomic mass is 79.9. The number of benzene rings is 1. The number of fused-ring (bicyclic) bond motifs is 1. The van der Waals surface area contributed by atoms with Gasteiger partial charge < -0.3 is 14.2 Å². The Balaban J connectivity index is 1.67. The number of carbonyl (C=O) groups is 3. The van der Waals surface area contributed by atoms with Crippen molar-refractivity contribution >= 4 is 34.1 Å². The molecular formula is C20H24BrFN2O6. The molecule has 1 aromatic rings. The van der Waals surface area contributed by atoms with E-state index in [2.05, 4.69) is 15.9 Å². The van der Waals surface area contributed by atoms with E-state index in [0.717, 1.165) is 4.47 Å². The van der Waals surface area contributed by atoms with Gasteiger partial charge in [-0.15, -0.1) is 0 Å². The molecule has 0 N–H and O–H groups in total. The number of likely N-dealkylation sites (tertiary alicyclic amines) is 1. The highest BCUT2D eigenvalue weighted by Crippen LogP contribution is 2.32. The van der Waals surface area contributed by atoms with Crippen LogP contribution >= 0.6 is 15.9 Å². The van der Waals surface area contributed by atoms with E-state index >= 15 is 0 Å². The van der Waals surface area contributed by atoms with Gasteiger partial charge in [0.25, 0.3) is 0 Å². The summed E-state index contributed by atoms with van der Waals surface area (Å²) < 4.78 is 30.4. The fourth-order valence-electron chi connectivity index (χ4n) is 3.53. The van der Waals surface area contributed by atoms with Crippen LogP contribution in [0, 0.1) is 5.82 Å². The molecule has 0 unspecified atom stereocenters. The first-order chi connectivity index (χ1) is 14.0. The Morgan fingerprint density at radius 2 is 1.80 bits per heavy atom. The summed E-state index contributed by atoms with van der Waals surface area (Å²) in [5, 5.41) is 0. The van der Waals surface area contributed by atoms with Crippen LogP contribution in [-0.2, 0) is 32.1 Å². The highest BCUT2D eigenvalue weighted by Gasteiger charge is 2.44. The predicted octanol–water partition coefficient (Wildman–Crippen LogP) is 3.59. The van der Waals surface area contributed by atoms with Gasteiger partial charge in [-0.1, -0.05) is 15.9 Å². The molecule has 1 saturated heterocycles. The van der Waals surface area contributed by atoms with Crippen LogP contribution in [0.4, 0.5) is 14.0 Å². The Kier molecular flexibility index (Phi) is 6.26. The summed E-state index contributed by atoms with van der Waals surface area (Å²) in [5.74, 6) is -0.995. The SMILES string of the molecule is COC(=O)[C@@H]1C[C@@H](OC(=O)N2Cc3c(F)ccc(Br)c3C2)CN1C(=O)OC(C)(C)C. The maximum absolute atomic E-state index is 14.1. The third-order valence-electron chi connectivity index (χ3n) is 4.90. The molecule has 0 bridgehead atoms. The number of methoxy groups -OCH3 is 1. The third kappa shape index (κ3) is 4.69. The number of rotatable bonds is 2. The second-order valence-corrected chi connectivity index (χ2v) is 9.11. The highest BCUT2D eigenvalue weighted by molar-refractivity contribution is 9.10. The van der Waals surface area contributed by atoms with Crippen LogP contribution in [0.1, 0.15) is 38.3 Å². The Hall–Kier alpha value is -2.36. The quantitative estimate of drug-likeness (QED) is 0.469. The van der Waals surface area contributed by atoms with Crippen LogP contribution in [0.2, 0.25) is 0 Å². The molecule has 2 heterocycles. The normalized spacial score (nSPS) is 20.7. The molecule has 0 aliphatic carbocycles. The molecule has 2 atom stereocenters. The first-order valence-electron chi connectivity index (χ1n) is 9.49. The zero-order chi connectivity index (χ0) is 22.2. The molecule has 2 amide bonds. The van der Waals surface area contributed by atoms with Crippen LogP contribution < -0.4 is 0 Å². The first kappa shape index (κ1) is 22.3. The molecular weight excluding hydrogens is 463 g/mol. The van der Waals surface area contributed by atoms with Gasteiger partial charge in [0.15, 0.2) is 0 Å². The number of hydrogen-bond donors (Lipinski definition) is 0. The second kappa shape index (κ2) is 8.41. The van der Waals surface area contributed by atoms with Crippen LogP contribution in [0.15, 0.2) is 16.6 Å². The maximum atomic E-state index is 14.1. The van der Waals surface area contributed by atoms with E-state index in [0.29, 0.717) is 11.1 Å². The van der Waals surface area contributed by atoms with Crippen molar-refractivity contribution in [3.8, 4) is 0 Å². The molecule has 30 heavy (non-hydrogen) atoms. The van der Waals surface area contributed by atoms with Gasteiger partial charge in [0.05, 0.1) is 26.7 Å². The largest absolute Gasteiger partial charge is 0.467 e. The van der Waals surface area contributed by atoms with Crippen molar-refractivity contribution in [2.75, 3.05) is 13.7 Å². The lowest BCUT2D eigenvalue weighted by molar-refractivity contribution is -0.145. The monoisotopic (exact) mass is 486 g/mol. The predicted molar refractivity (Wildman–Crippen MR) is 107 cm³/mol. The van der Waals surface area contributed by atoms with Crippen molar-refractivity contribution < 1.29 is 33.0 Å². The first-order valence-corrected chi connectivity index (χ1v) is 10.3. The van der Waals surface area contributed by atoms with Crippen molar-refractivity contribution in [3.63, 3.8) is 0 Å². The van der Waals surface area contributed by atoms with E-state index in [9.17, 15) is 18.8 Å². The van der Waals surface area contributed by atoms with Gasteiger partial charge in [-0.25, -0.2) is 18.8 Å². The molecule has 2 aliphatic heterocycles. The van der Waals surface area contributed by atoms with E-state index < -0.39 is 35.9 Å². The van der Waals surface area contributed by atoms with Crippen LogP contribution in [-0.4, -0.2) is 59.4 Å². The topological polar surface area (TPSA) is 85.4 Å². The lowest BCUT2D eigenvalue weighted by Gasteiger charge is -2.27. The summed E-state index contributed by atoms with van der Waals surface area (Å²) in [4.78, 5) is 39.9. The van der Waals surface area contributed by atoms with Gasteiger partial charge in [-0.05, 0) is 38.5 Å². The molecule has 8 nitrogen and oxygen atoms in total. The van der Waals surface area contributed by atoms with E-state index in [1.165, 1.54) is 23.0 Å². The van der Waals surface area contributed by atoms with Crippen molar-refractivity contribution in [2.24, 2.45) is 0 Å². The van der Waals surface area contributed by atoms with Crippen LogP contribution in [0.3, 0.4) is 0 Å². The van der Waals surface area contributed by atoms with Crippen molar-refractivity contribution in [1.29, 1.82) is 0 Å². The lowest BCUT2D eigenvalue weighted by Crippen LogP contribution is -2.44. The Bertz CT molecular complexity index is 841. The molecule has 0 aromatic heterocycles. The number of amides is 2. The Morgan fingerprint density at radius 3 is 2.40 bits per heavy atom. The third-order valence-corrected chi connectivity index (χ3v) is 5.65. The van der Waals surface area contributed by atoms with Gasteiger partial charge in [0.2, 0.25) is 0 Å². The summed E-state index contributed by atoms with van der Waals surface area (Å²) in [6, 6.07) is 2.03. The van der Waals surface area contributed by atoms with E-state index in [1.807, 2.05) is 0 Å². The van der Waals surface area contributed by atoms with Crippen molar-refractivity contribution in [1.82, 2.24) is 9.80 Å². The summed E-state index contributed by atoms with van der Waals surface area (Å²) in [5.41, 5.74) is 0.391. The zero-order valence-corrected chi connectivity index (χ0v) is 18.8. The van der Waals surface area contributed by atoms with Gasteiger partial charge in [-0.2, -0.15) is 0 Å². The Labute approximate surface area is 182 Å². The number of halogens is 2. The summed E-state index contributed by atoms with van der Waals surface area (Å²) in [6.07, 6.45) is -1.95.